The van der Waals surface area contributed by atoms with Gasteiger partial charge >= 0.3 is 0 Å². The Morgan fingerprint density at radius 1 is 1.00 bits per heavy atom. The molecular formula is C30H26N4O3S2. The third-order valence-electron chi connectivity index (χ3n) is 7.15. The van der Waals surface area contributed by atoms with Gasteiger partial charge in [0.1, 0.15) is 0 Å². The van der Waals surface area contributed by atoms with Crippen LogP contribution >= 0.6 is 11.3 Å². The number of para-hydroxylation sites is 1. The van der Waals surface area contributed by atoms with Crippen LogP contribution in [0, 0.1) is 13.8 Å². The highest BCUT2D eigenvalue weighted by molar-refractivity contribution is 7.92. The summed E-state index contributed by atoms with van der Waals surface area (Å²) in [4.78, 5) is 24.7. The summed E-state index contributed by atoms with van der Waals surface area (Å²) in [5.74, 6) is -0.261. The summed E-state index contributed by atoms with van der Waals surface area (Å²) in [6, 6.07) is 21.6. The van der Waals surface area contributed by atoms with Crippen molar-refractivity contribution in [1.29, 1.82) is 0 Å². The van der Waals surface area contributed by atoms with E-state index < -0.39 is 10.0 Å². The molecule has 0 fully saturated rings. The average Bonchev–Trinajstić information content (AvgIpc) is 3.60. The molecule has 5 aromatic rings. The number of aromatic nitrogens is 2. The van der Waals surface area contributed by atoms with Crippen molar-refractivity contribution in [3.05, 3.63) is 113 Å². The molecule has 0 atom stereocenters. The highest BCUT2D eigenvalue weighted by Crippen LogP contribution is 2.35. The minimum atomic E-state index is -3.75. The number of carbonyl (C=O) groups is 1. The zero-order valence-corrected chi connectivity index (χ0v) is 23.2. The van der Waals surface area contributed by atoms with E-state index in [9.17, 15) is 13.2 Å². The highest BCUT2D eigenvalue weighted by atomic mass is 32.2. The Kier molecular flexibility index (Phi) is 6.40. The van der Waals surface area contributed by atoms with Gasteiger partial charge in [-0.15, -0.1) is 0 Å². The molecule has 196 valence electrons. The number of rotatable bonds is 6. The minimum absolute atomic E-state index is 0.153. The number of benzene rings is 3. The minimum Gasteiger partial charge on any atom is -0.279 e. The first-order valence-corrected chi connectivity index (χ1v) is 14.9. The van der Waals surface area contributed by atoms with Crippen molar-refractivity contribution < 1.29 is 13.2 Å². The fraction of sp³-hybridized carbons (Fsp3) is 0.167. The number of hydrogen-bond donors (Lipinski definition) is 0. The van der Waals surface area contributed by atoms with Gasteiger partial charge in [-0.05, 0) is 85.0 Å². The molecule has 0 bridgehead atoms. The normalized spacial score (nSPS) is 13.0. The molecule has 3 heterocycles. The average molecular weight is 555 g/mol. The number of hydrogen-bond acceptors (Lipinski definition) is 6. The second-order valence-electron chi connectivity index (χ2n) is 9.58. The van der Waals surface area contributed by atoms with Gasteiger partial charge in [-0.25, -0.2) is 13.4 Å². The Balaban J connectivity index is 1.34. The molecule has 9 heteroatoms. The van der Waals surface area contributed by atoms with Gasteiger partial charge in [0.2, 0.25) is 0 Å². The van der Waals surface area contributed by atoms with Crippen LogP contribution in [0.5, 0.6) is 0 Å². The Labute approximate surface area is 231 Å². The third-order valence-corrected chi connectivity index (χ3v) is 10.0. The molecule has 6 rings (SSSR count). The van der Waals surface area contributed by atoms with Gasteiger partial charge in [-0.3, -0.25) is 19.0 Å². The third kappa shape index (κ3) is 4.57. The van der Waals surface area contributed by atoms with E-state index in [4.69, 9.17) is 4.98 Å². The van der Waals surface area contributed by atoms with Crippen molar-refractivity contribution in [3.63, 3.8) is 0 Å². The lowest BCUT2D eigenvalue weighted by molar-refractivity contribution is 0.0985. The molecule has 39 heavy (non-hydrogen) atoms. The van der Waals surface area contributed by atoms with Gasteiger partial charge in [0.05, 0.1) is 27.3 Å². The summed E-state index contributed by atoms with van der Waals surface area (Å²) in [6.07, 6.45) is 4.10. The summed E-state index contributed by atoms with van der Waals surface area (Å²) in [5.41, 5.74) is 6.08. The number of sulfonamides is 1. The van der Waals surface area contributed by atoms with Crippen LogP contribution in [-0.2, 0) is 23.0 Å². The first kappa shape index (κ1) is 25.2. The maximum atomic E-state index is 13.9. The topological polar surface area (TPSA) is 83.5 Å². The van der Waals surface area contributed by atoms with Gasteiger partial charge in [0.15, 0.2) is 5.13 Å². The second-order valence-corrected chi connectivity index (χ2v) is 12.5. The molecule has 3 aromatic carbocycles. The van der Waals surface area contributed by atoms with E-state index in [1.54, 1.807) is 29.4 Å². The van der Waals surface area contributed by atoms with Crippen LogP contribution in [0.4, 0.5) is 10.8 Å². The number of nitrogens with zero attached hydrogens (tertiary/aromatic N) is 4. The van der Waals surface area contributed by atoms with E-state index in [1.807, 2.05) is 56.3 Å². The van der Waals surface area contributed by atoms with Crippen molar-refractivity contribution in [2.24, 2.45) is 0 Å². The number of fused-ring (bicyclic) bond motifs is 2. The maximum Gasteiger partial charge on any atom is 0.264 e. The van der Waals surface area contributed by atoms with Crippen LogP contribution < -0.4 is 9.21 Å². The zero-order chi connectivity index (χ0) is 27.1. The van der Waals surface area contributed by atoms with Crippen LogP contribution in [0.1, 0.15) is 32.6 Å². The number of carbonyl (C=O) groups excluding carboxylic acids is 1. The lowest BCUT2D eigenvalue weighted by Gasteiger charge is -2.21. The number of thiazole rings is 1. The van der Waals surface area contributed by atoms with Gasteiger partial charge in [0, 0.05) is 24.5 Å². The van der Waals surface area contributed by atoms with Crippen LogP contribution in [0.3, 0.4) is 0 Å². The molecule has 1 aliphatic rings. The highest BCUT2D eigenvalue weighted by Gasteiger charge is 2.31. The Hall–Kier alpha value is -4.08. The van der Waals surface area contributed by atoms with Crippen molar-refractivity contribution in [1.82, 2.24) is 9.97 Å². The fourth-order valence-electron chi connectivity index (χ4n) is 4.84. The van der Waals surface area contributed by atoms with Crippen molar-refractivity contribution in [2.75, 3.05) is 15.7 Å². The van der Waals surface area contributed by atoms with Crippen molar-refractivity contribution in [3.8, 4) is 0 Å². The largest absolute Gasteiger partial charge is 0.279 e. The van der Waals surface area contributed by atoms with Gasteiger partial charge in [-0.1, -0.05) is 41.7 Å². The standard InChI is InChI=1S/C30H26N4O3S2/c1-20-9-14-27-28(21(20)2)32-30(38-27)33(19-22-6-5-16-31-18-22)29(35)24-10-12-25(13-11-24)39(36,37)34-17-15-23-7-3-4-8-26(23)34/h3-14,16,18H,15,17,19H2,1-2H3. The first-order valence-electron chi connectivity index (χ1n) is 12.6. The molecule has 7 nitrogen and oxygen atoms in total. The lowest BCUT2D eigenvalue weighted by atomic mass is 10.1. The van der Waals surface area contributed by atoms with Crippen LogP contribution in [0.2, 0.25) is 0 Å². The number of pyridine rings is 1. The Morgan fingerprint density at radius 2 is 1.79 bits per heavy atom. The smallest absolute Gasteiger partial charge is 0.264 e. The van der Waals surface area contributed by atoms with Gasteiger partial charge < -0.3 is 0 Å². The van der Waals surface area contributed by atoms with Gasteiger partial charge in [0.25, 0.3) is 15.9 Å². The summed E-state index contributed by atoms with van der Waals surface area (Å²) in [5, 5.41) is 0.581. The lowest BCUT2D eigenvalue weighted by Crippen LogP contribution is -2.31. The summed E-state index contributed by atoms with van der Waals surface area (Å²) in [6.45, 7) is 4.77. The molecule has 0 saturated carbocycles. The number of aryl methyl sites for hydroxylation is 2. The zero-order valence-electron chi connectivity index (χ0n) is 21.5. The fourth-order valence-corrected chi connectivity index (χ4v) is 7.37. The predicted molar refractivity (Wildman–Crippen MR) is 155 cm³/mol. The van der Waals surface area contributed by atoms with Crippen LogP contribution in [0.15, 0.2) is 90.1 Å². The van der Waals surface area contributed by atoms with E-state index in [0.717, 1.165) is 32.5 Å². The van der Waals surface area contributed by atoms with Crippen LogP contribution in [-0.4, -0.2) is 30.8 Å². The molecule has 1 aliphatic heterocycles. The Morgan fingerprint density at radius 3 is 2.56 bits per heavy atom. The molecule has 0 aliphatic carbocycles. The first-order chi connectivity index (χ1) is 18.8. The van der Waals surface area contributed by atoms with Crippen LogP contribution in [0.25, 0.3) is 10.2 Å². The van der Waals surface area contributed by atoms with E-state index in [1.165, 1.54) is 27.8 Å². The summed E-state index contributed by atoms with van der Waals surface area (Å²) < 4.78 is 29.3. The van der Waals surface area contributed by atoms with E-state index in [-0.39, 0.29) is 17.3 Å². The SMILES string of the molecule is Cc1ccc2sc(N(Cc3cccnc3)C(=O)c3ccc(S(=O)(=O)N4CCc5ccccc54)cc3)nc2c1C. The summed E-state index contributed by atoms with van der Waals surface area (Å²) >= 11 is 1.46. The molecule has 0 N–H and O–H groups in total. The predicted octanol–water partition coefficient (Wildman–Crippen LogP) is 5.91. The number of amides is 1. The second kappa shape index (κ2) is 9.91. The Bertz CT molecular complexity index is 1800. The molecule has 1 amide bonds. The van der Waals surface area contributed by atoms with Crippen molar-refractivity contribution in [2.45, 2.75) is 31.7 Å². The molecule has 0 saturated heterocycles. The molecule has 0 unspecified atom stereocenters. The molecular weight excluding hydrogens is 528 g/mol. The maximum absolute atomic E-state index is 13.9. The van der Waals surface area contributed by atoms with E-state index >= 15 is 0 Å². The monoisotopic (exact) mass is 554 g/mol. The number of anilines is 2. The van der Waals surface area contributed by atoms with E-state index in [0.29, 0.717) is 29.3 Å². The van der Waals surface area contributed by atoms with Crippen molar-refractivity contribution >= 4 is 48.3 Å². The molecule has 0 radical (unpaired) electrons. The summed E-state index contributed by atoms with van der Waals surface area (Å²) in [7, 11) is -3.75. The quantitative estimate of drug-likeness (QED) is 0.261. The van der Waals surface area contributed by atoms with Gasteiger partial charge in [-0.2, -0.15) is 0 Å². The molecule has 0 spiro atoms. The molecule has 2 aromatic heterocycles. The van der Waals surface area contributed by atoms with E-state index in [2.05, 4.69) is 11.1 Å².